The highest BCUT2D eigenvalue weighted by Gasteiger charge is 2.25. The Hall–Kier alpha value is -1.72. The molecule has 0 spiro atoms. The van der Waals surface area contributed by atoms with Gasteiger partial charge in [0.1, 0.15) is 5.75 Å². The van der Waals surface area contributed by atoms with Crippen LogP contribution in [0.2, 0.25) is 0 Å². The molecule has 0 amide bonds. The number of ether oxygens (including phenoxy) is 1. The topological polar surface area (TPSA) is 62.0 Å². The van der Waals surface area contributed by atoms with E-state index in [1.165, 1.54) is 36.1 Å². The Labute approximate surface area is 138 Å². The van der Waals surface area contributed by atoms with Crippen LogP contribution >= 0.6 is 0 Å². The molecule has 1 heterocycles. The molecule has 5 heteroatoms. The molecule has 1 aromatic rings. The third-order valence-corrected chi connectivity index (χ3v) is 4.83. The maximum Gasteiger partial charge on any atom is 0.121 e. The zero-order valence-corrected chi connectivity index (χ0v) is 13.9. The minimum absolute atomic E-state index is 0.236. The van der Waals surface area contributed by atoms with E-state index >= 15 is 0 Å². The highest BCUT2D eigenvalue weighted by Crippen LogP contribution is 2.37. The smallest absolute Gasteiger partial charge is 0.121 e. The number of rotatable bonds is 5. The second-order valence-electron chi connectivity index (χ2n) is 6.35. The normalized spacial score (nSPS) is 18.7. The lowest BCUT2D eigenvalue weighted by atomic mass is 9.87. The Kier molecular flexibility index (Phi) is 5.08. The highest BCUT2D eigenvalue weighted by molar-refractivity contribution is 5.72. The van der Waals surface area contributed by atoms with Gasteiger partial charge >= 0.3 is 0 Å². The van der Waals surface area contributed by atoms with Crippen LogP contribution in [0.15, 0.2) is 23.8 Å². The van der Waals surface area contributed by atoms with Crippen molar-refractivity contribution in [1.29, 1.82) is 0 Å². The number of aliphatic hydroxyl groups excluding tert-OH is 1. The van der Waals surface area contributed by atoms with E-state index in [-0.39, 0.29) is 6.61 Å². The van der Waals surface area contributed by atoms with E-state index < -0.39 is 0 Å². The zero-order valence-electron chi connectivity index (χ0n) is 13.9. The average Bonchev–Trinajstić information content (AvgIpc) is 2.51. The van der Waals surface area contributed by atoms with Crippen LogP contribution in [0.1, 0.15) is 24.8 Å². The van der Waals surface area contributed by atoms with Crippen molar-refractivity contribution in [1.82, 2.24) is 9.80 Å². The first-order valence-corrected chi connectivity index (χ1v) is 8.46. The Bertz CT molecular complexity index is 572. The summed E-state index contributed by atoms with van der Waals surface area (Å²) >= 11 is 0. The van der Waals surface area contributed by atoms with Gasteiger partial charge in [-0.3, -0.25) is 4.90 Å². The molecule has 0 unspecified atom stereocenters. The van der Waals surface area contributed by atoms with Gasteiger partial charge in [-0.15, -0.1) is 0 Å². The van der Waals surface area contributed by atoms with Gasteiger partial charge in [0.15, 0.2) is 0 Å². The Morgan fingerprint density at radius 3 is 2.48 bits per heavy atom. The van der Waals surface area contributed by atoms with Crippen LogP contribution in [-0.2, 0) is 0 Å². The second kappa shape index (κ2) is 7.23. The first-order chi connectivity index (χ1) is 11.2. The molecule has 126 valence electrons. The molecule has 1 aliphatic carbocycles. The first-order valence-electron chi connectivity index (χ1n) is 8.46. The molecule has 1 aliphatic heterocycles. The number of benzene rings is 1. The fourth-order valence-electron chi connectivity index (χ4n) is 3.41. The van der Waals surface area contributed by atoms with Crippen LogP contribution in [0.4, 0.5) is 5.69 Å². The second-order valence-corrected chi connectivity index (χ2v) is 6.35. The predicted molar refractivity (Wildman–Crippen MR) is 93.3 cm³/mol. The number of hydrogen-bond donors (Lipinski definition) is 2. The summed E-state index contributed by atoms with van der Waals surface area (Å²) in [6, 6.07) is 6.02. The fourth-order valence-corrected chi connectivity index (χ4v) is 3.41. The molecule has 1 saturated heterocycles. The molecular weight excluding hydrogens is 290 g/mol. The average molecular weight is 317 g/mol. The lowest BCUT2D eigenvalue weighted by molar-refractivity contribution is 0.142. The van der Waals surface area contributed by atoms with Crippen molar-refractivity contribution < 1.29 is 9.84 Å². The lowest BCUT2D eigenvalue weighted by Crippen LogP contribution is -2.46. The highest BCUT2D eigenvalue weighted by atomic mass is 16.5. The van der Waals surface area contributed by atoms with Crippen LogP contribution in [0.5, 0.6) is 5.75 Å². The molecule has 2 aliphatic rings. The summed E-state index contributed by atoms with van der Waals surface area (Å²) in [5.41, 5.74) is 10.9. The molecule has 5 nitrogen and oxygen atoms in total. The van der Waals surface area contributed by atoms with Crippen molar-refractivity contribution in [2.75, 3.05) is 52.2 Å². The third kappa shape index (κ3) is 3.62. The van der Waals surface area contributed by atoms with E-state index in [2.05, 4.69) is 21.9 Å². The van der Waals surface area contributed by atoms with Crippen molar-refractivity contribution in [2.45, 2.75) is 19.3 Å². The van der Waals surface area contributed by atoms with Gasteiger partial charge in [-0.1, -0.05) is 0 Å². The van der Waals surface area contributed by atoms with E-state index in [9.17, 15) is 0 Å². The van der Waals surface area contributed by atoms with Gasteiger partial charge in [0.05, 0.1) is 13.7 Å². The molecule has 3 rings (SSSR count). The van der Waals surface area contributed by atoms with Gasteiger partial charge in [-0.05, 0) is 37.0 Å². The minimum Gasteiger partial charge on any atom is -0.497 e. The molecule has 1 saturated carbocycles. The van der Waals surface area contributed by atoms with Crippen LogP contribution in [-0.4, -0.2) is 61.3 Å². The number of anilines is 1. The van der Waals surface area contributed by atoms with Gasteiger partial charge in [0, 0.05) is 55.7 Å². The maximum atomic E-state index is 9.10. The Morgan fingerprint density at radius 1 is 1.17 bits per heavy atom. The molecule has 0 atom stereocenters. The van der Waals surface area contributed by atoms with Gasteiger partial charge in [0.25, 0.3) is 0 Å². The molecule has 3 N–H and O–H groups in total. The van der Waals surface area contributed by atoms with Gasteiger partial charge < -0.3 is 20.5 Å². The lowest BCUT2D eigenvalue weighted by Gasteiger charge is -2.39. The minimum atomic E-state index is 0.236. The molecule has 2 fully saturated rings. The maximum absolute atomic E-state index is 9.10. The monoisotopic (exact) mass is 317 g/mol. The summed E-state index contributed by atoms with van der Waals surface area (Å²) in [5.74, 6) is 0.816. The Balaban J connectivity index is 1.85. The number of aliphatic hydroxyl groups is 1. The summed E-state index contributed by atoms with van der Waals surface area (Å²) in [7, 11) is 1.68. The Morgan fingerprint density at radius 2 is 1.91 bits per heavy atom. The number of nitrogens with zero attached hydrogens (tertiary/aromatic N) is 2. The van der Waals surface area contributed by atoms with Crippen molar-refractivity contribution in [3.63, 3.8) is 0 Å². The summed E-state index contributed by atoms with van der Waals surface area (Å²) in [6.07, 6.45) is 3.65. The molecule has 23 heavy (non-hydrogen) atoms. The quantitative estimate of drug-likeness (QED) is 0.811. The number of methoxy groups -OCH3 is 1. The standard InChI is InChI=1S/C18H27N3O2/c1-23-17-12-15(11-16(19)13-17)18(14-3-2-4-14)21-7-5-20(6-8-21)9-10-22/h11-13,22H,2-10,19H2,1H3. The van der Waals surface area contributed by atoms with Crippen LogP contribution < -0.4 is 10.5 Å². The van der Waals surface area contributed by atoms with Crippen LogP contribution in [0.3, 0.4) is 0 Å². The van der Waals surface area contributed by atoms with Crippen molar-refractivity contribution in [3.05, 3.63) is 29.3 Å². The van der Waals surface area contributed by atoms with Crippen molar-refractivity contribution in [2.24, 2.45) is 0 Å². The number of nitrogens with two attached hydrogens (primary N) is 1. The van der Waals surface area contributed by atoms with E-state index in [1.54, 1.807) is 7.11 Å². The molecule has 1 aromatic carbocycles. The summed E-state index contributed by atoms with van der Waals surface area (Å²) in [4.78, 5) is 4.80. The fraction of sp³-hybridized carbons (Fsp3) is 0.556. The zero-order chi connectivity index (χ0) is 16.2. The number of nitrogen functional groups attached to an aromatic ring is 1. The summed E-state index contributed by atoms with van der Waals surface area (Å²) < 4.78 is 5.40. The van der Waals surface area contributed by atoms with Gasteiger partial charge in [0.2, 0.25) is 0 Å². The number of allylic oxidation sites excluding steroid dienone is 1. The molecule has 0 aromatic heterocycles. The summed E-state index contributed by atoms with van der Waals surface area (Å²) in [5, 5.41) is 9.10. The van der Waals surface area contributed by atoms with E-state index in [4.69, 9.17) is 15.6 Å². The molecule has 0 radical (unpaired) electrons. The van der Waals surface area contributed by atoms with E-state index in [1.807, 2.05) is 6.07 Å². The largest absolute Gasteiger partial charge is 0.497 e. The summed E-state index contributed by atoms with van der Waals surface area (Å²) in [6.45, 7) is 4.99. The van der Waals surface area contributed by atoms with Crippen molar-refractivity contribution in [3.8, 4) is 5.75 Å². The number of β-amino-alcohol motifs (C(OH)–C–C–N with tert-alkyl or cyclic N) is 1. The SMILES string of the molecule is COc1cc(N)cc(C(=C2CCC2)N2CCN(CCO)CC2)c1. The number of hydrogen-bond acceptors (Lipinski definition) is 5. The molecule has 0 bridgehead atoms. The van der Waals surface area contributed by atoms with Gasteiger partial charge in [-0.25, -0.2) is 0 Å². The molecular formula is C18H27N3O2. The van der Waals surface area contributed by atoms with Crippen molar-refractivity contribution >= 4 is 11.4 Å². The van der Waals surface area contributed by atoms with Gasteiger partial charge in [-0.2, -0.15) is 0 Å². The van der Waals surface area contributed by atoms with E-state index in [0.29, 0.717) is 0 Å². The third-order valence-electron chi connectivity index (χ3n) is 4.83. The van der Waals surface area contributed by atoms with Crippen LogP contribution in [0.25, 0.3) is 5.70 Å². The van der Waals surface area contributed by atoms with Crippen LogP contribution in [0, 0.1) is 0 Å². The number of piperazine rings is 1. The first kappa shape index (κ1) is 16.1. The predicted octanol–water partition coefficient (Wildman–Crippen LogP) is 1.78. The van der Waals surface area contributed by atoms with E-state index in [0.717, 1.165) is 44.2 Å².